The minimum atomic E-state index is -0.299. The zero-order chi connectivity index (χ0) is 19.4. The highest BCUT2D eigenvalue weighted by molar-refractivity contribution is 6.03. The molecule has 0 unspecified atom stereocenters. The van der Waals surface area contributed by atoms with E-state index >= 15 is 0 Å². The molecule has 1 heterocycles. The number of carbonyl (C=O) groups is 1. The van der Waals surface area contributed by atoms with E-state index < -0.39 is 0 Å². The van der Waals surface area contributed by atoms with Gasteiger partial charge in [-0.2, -0.15) is 5.26 Å². The predicted octanol–water partition coefficient (Wildman–Crippen LogP) is 4.27. The van der Waals surface area contributed by atoms with E-state index in [1.165, 1.54) is 5.56 Å². The fraction of sp³-hybridized carbons (Fsp3) is 0.143. The molecule has 27 heavy (non-hydrogen) atoms. The highest BCUT2D eigenvalue weighted by Gasteiger charge is 2.12. The molecule has 134 valence electrons. The fourth-order valence-corrected chi connectivity index (χ4v) is 2.51. The van der Waals surface area contributed by atoms with Crippen molar-refractivity contribution in [2.24, 2.45) is 0 Å². The second-order valence-corrected chi connectivity index (χ2v) is 6.29. The van der Waals surface area contributed by atoms with Gasteiger partial charge < -0.3 is 10.6 Å². The number of hydrogen-bond acceptors (Lipinski definition) is 5. The summed E-state index contributed by atoms with van der Waals surface area (Å²) in [5.41, 5.74) is 5.25. The van der Waals surface area contributed by atoms with Gasteiger partial charge in [0.25, 0.3) is 5.91 Å². The molecule has 1 amide bonds. The third-order valence-electron chi connectivity index (χ3n) is 4.12. The highest BCUT2D eigenvalue weighted by Crippen LogP contribution is 2.17. The van der Waals surface area contributed by atoms with Gasteiger partial charge in [0, 0.05) is 17.1 Å². The van der Waals surface area contributed by atoms with Gasteiger partial charge in [-0.05, 0) is 74.4 Å². The molecule has 0 saturated carbocycles. The SMILES string of the molecule is Cc1cc(C(=O)Nc2ccc(C)c(C)c2)nc(Nc2ccc(C#N)cc2)n1. The van der Waals surface area contributed by atoms with E-state index in [2.05, 4.69) is 26.7 Å². The van der Waals surface area contributed by atoms with E-state index in [9.17, 15) is 4.79 Å². The topological polar surface area (TPSA) is 90.7 Å². The first-order valence-corrected chi connectivity index (χ1v) is 8.46. The second kappa shape index (κ2) is 7.67. The van der Waals surface area contributed by atoms with Crippen LogP contribution in [0.25, 0.3) is 0 Å². The largest absolute Gasteiger partial charge is 0.324 e. The molecule has 6 heteroatoms. The average molecular weight is 357 g/mol. The highest BCUT2D eigenvalue weighted by atomic mass is 16.1. The molecule has 3 rings (SSSR count). The Bertz CT molecular complexity index is 1040. The molecule has 2 aromatic carbocycles. The molecule has 0 radical (unpaired) electrons. The van der Waals surface area contributed by atoms with Crippen LogP contribution in [-0.2, 0) is 0 Å². The van der Waals surface area contributed by atoms with Crippen molar-refractivity contribution in [3.05, 3.63) is 76.6 Å². The summed E-state index contributed by atoms with van der Waals surface area (Å²) in [6.45, 7) is 5.83. The van der Waals surface area contributed by atoms with Gasteiger partial charge in [-0.3, -0.25) is 4.79 Å². The standard InChI is InChI=1S/C21H19N5O/c1-13-4-7-18(10-14(13)2)24-20(27)19-11-15(3)23-21(26-19)25-17-8-5-16(12-22)6-9-17/h4-11H,1-3H3,(H,24,27)(H,23,25,26). The van der Waals surface area contributed by atoms with Gasteiger partial charge in [-0.1, -0.05) is 6.07 Å². The molecular weight excluding hydrogens is 338 g/mol. The zero-order valence-corrected chi connectivity index (χ0v) is 15.4. The van der Waals surface area contributed by atoms with Crippen molar-refractivity contribution in [2.45, 2.75) is 20.8 Å². The van der Waals surface area contributed by atoms with E-state index in [1.54, 1.807) is 37.3 Å². The Labute approximate surface area is 157 Å². The Morgan fingerprint density at radius 3 is 2.30 bits per heavy atom. The molecule has 3 aromatic rings. The monoisotopic (exact) mass is 357 g/mol. The van der Waals surface area contributed by atoms with Crippen LogP contribution in [0.15, 0.2) is 48.5 Å². The molecule has 1 aromatic heterocycles. The third-order valence-corrected chi connectivity index (χ3v) is 4.12. The first kappa shape index (κ1) is 18.1. The number of amides is 1. The van der Waals surface area contributed by atoms with Gasteiger partial charge >= 0.3 is 0 Å². The fourth-order valence-electron chi connectivity index (χ4n) is 2.51. The lowest BCUT2D eigenvalue weighted by Gasteiger charge is -2.10. The van der Waals surface area contributed by atoms with Crippen molar-refractivity contribution in [1.82, 2.24) is 9.97 Å². The quantitative estimate of drug-likeness (QED) is 0.728. The van der Waals surface area contributed by atoms with Crippen LogP contribution in [0.5, 0.6) is 0 Å². The maximum Gasteiger partial charge on any atom is 0.274 e. The molecule has 6 nitrogen and oxygen atoms in total. The normalized spacial score (nSPS) is 10.1. The Hall–Kier alpha value is -3.72. The minimum Gasteiger partial charge on any atom is -0.324 e. The van der Waals surface area contributed by atoms with E-state index in [1.807, 2.05) is 32.0 Å². The Balaban J connectivity index is 1.80. The van der Waals surface area contributed by atoms with Crippen molar-refractivity contribution in [1.29, 1.82) is 5.26 Å². The maximum atomic E-state index is 12.6. The van der Waals surface area contributed by atoms with Crippen LogP contribution in [0.3, 0.4) is 0 Å². The summed E-state index contributed by atoms with van der Waals surface area (Å²) >= 11 is 0. The van der Waals surface area contributed by atoms with Gasteiger partial charge in [0.05, 0.1) is 11.6 Å². The lowest BCUT2D eigenvalue weighted by atomic mass is 10.1. The van der Waals surface area contributed by atoms with Gasteiger partial charge in [0.1, 0.15) is 5.69 Å². The molecule has 0 fully saturated rings. The van der Waals surface area contributed by atoms with Crippen LogP contribution in [0.1, 0.15) is 32.9 Å². The summed E-state index contributed by atoms with van der Waals surface area (Å²) in [7, 11) is 0. The van der Waals surface area contributed by atoms with Crippen LogP contribution in [0, 0.1) is 32.1 Å². The summed E-state index contributed by atoms with van der Waals surface area (Å²) in [6.07, 6.45) is 0. The Morgan fingerprint density at radius 1 is 0.926 bits per heavy atom. The van der Waals surface area contributed by atoms with Crippen LogP contribution in [0.4, 0.5) is 17.3 Å². The molecule has 0 saturated heterocycles. The van der Waals surface area contributed by atoms with Crippen molar-refractivity contribution < 1.29 is 4.79 Å². The van der Waals surface area contributed by atoms with Crippen molar-refractivity contribution in [3.8, 4) is 6.07 Å². The Kier molecular flexibility index (Phi) is 5.13. The van der Waals surface area contributed by atoms with Crippen LogP contribution < -0.4 is 10.6 Å². The second-order valence-electron chi connectivity index (χ2n) is 6.29. The van der Waals surface area contributed by atoms with Crippen molar-refractivity contribution >= 4 is 23.2 Å². The lowest BCUT2D eigenvalue weighted by Crippen LogP contribution is -2.15. The molecule has 0 aliphatic heterocycles. The molecule has 0 aliphatic carbocycles. The van der Waals surface area contributed by atoms with Crippen LogP contribution in [-0.4, -0.2) is 15.9 Å². The summed E-state index contributed by atoms with van der Waals surface area (Å²) < 4.78 is 0. The van der Waals surface area contributed by atoms with Gasteiger partial charge in [-0.25, -0.2) is 9.97 Å². The summed E-state index contributed by atoms with van der Waals surface area (Å²) in [4.78, 5) is 21.2. The molecular formula is C21H19N5O. The molecule has 2 N–H and O–H groups in total. The zero-order valence-electron chi connectivity index (χ0n) is 15.4. The number of rotatable bonds is 4. The molecule has 0 bridgehead atoms. The number of nitriles is 1. The first-order valence-electron chi connectivity index (χ1n) is 8.46. The lowest BCUT2D eigenvalue weighted by molar-refractivity contribution is 0.102. The van der Waals surface area contributed by atoms with Crippen LogP contribution in [0.2, 0.25) is 0 Å². The number of hydrogen-bond donors (Lipinski definition) is 2. The number of anilines is 3. The smallest absolute Gasteiger partial charge is 0.274 e. The number of benzene rings is 2. The van der Waals surface area contributed by atoms with Gasteiger partial charge in [-0.15, -0.1) is 0 Å². The van der Waals surface area contributed by atoms with Gasteiger partial charge in [0.15, 0.2) is 0 Å². The minimum absolute atomic E-state index is 0.275. The molecule has 0 aliphatic rings. The van der Waals surface area contributed by atoms with E-state index in [4.69, 9.17) is 5.26 Å². The average Bonchev–Trinajstić information content (AvgIpc) is 2.65. The molecule has 0 atom stereocenters. The first-order chi connectivity index (χ1) is 12.9. The summed E-state index contributed by atoms with van der Waals surface area (Å²) in [5, 5.41) is 14.8. The van der Waals surface area contributed by atoms with E-state index in [0.29, 0.717) is 17.2 Å². The number of aromatic nitrogens is 2. The van der Waals surface area contributed by atoms with E-state index in [-0.39, 0.29) is 11.6 Å². The van der Waals surface area contributed by atoms with Crippen LogP contribution >= 0.6 is 0 Å². The summed E-state index contributed by atoms with van der Waals surface area (Å²) in [6, 6.07) is 16.4. The number of carbonyl (C=O) groups excluding carboxylic acids is 1. The Morgan fingerprint density at radius 2 is 1.63 bits per heavy atom. The maximum absolute atomic E-state index is 12.6. The number of nitrogens with one attached hydrogen (secondary N) is 2. The summed E-state index contributed by atoms with van der Waals surface area (Å²) in [5.74, 6) is 0.0246. The van der Waals surface area contributed by atoms with Crippen molar-refractivity contribution in [2.75, 3.05) is 10.6 Å². The predicted molar refractivity (Wildman–Crippen MR) is 105 cm³/mol. The molecule has 0 spiro atoms. The number of aryl methyl sites for hydroxylation is 3. The van der Waals surface area contributed by atoms with E-state index in [0.717, 1.165) is 16.9 Å². The third kappa shape index (κ3) is 4.47. The van der Waals surface area contributed by atoms with Crippen molar-refractivity contribution in [3.63, 3.8) is 0 Å². The van der Waals surface area contributed by atoms with Gasteiger partial charge in [0.2, 0.25) is 5.95 Å². The number of nitrogens with zero attached hydrogens (tertiary/aromatic N) is 3.